The Bertz CT molecular complexity index is 840. The van der Waals surface area contributed by atoms with Crippen LogP contribution in [-0.2, 0) is 21.8 Å². The SMILES string of the molecule is CCc1c([C@H](C)S(=O)(=O)c2ccccc2)[nH]c(=O)n1C(C)(C)C. The zero-order chi connectivity index (χ0) is 17.4. The van der Waals surface area contributed by atoms with Gasteiger partial charge >= 0.3 is 5.69 Å². The zero-order valence-electron chi connectivity index (χ0n) is 14.3. The summed E-state index contributed by atoms with van der Waals surface area (Å²) in [7, 11) is -3.56. The molecule has 0 aliphatic rings. The van der Waals surface area contributed by atoms with Crippen LogP contribution in [0.1, 0.15) is 51.3 Å². The zero-order valence-corrected chi connectivity index (χ0v) is 15.1. The lowest BCUT2D eigenvalue weighted by Gasteiger charge is -2.23. The first-order chi connectivity index (χ1) is 10.6. The highest BCUT2D eigenvalue weighted by molar-refractivity contribution is 7.91. The molecule has 0 saturated heterocycles. The highest BCUT2D eigenvalue weighted by Gasteiger charge is 2.31. The van der Waals surface area contributed by atoms with Crippen molar-refractivity contribution in [3.8, 4) is 0 Å². The van der Waals surface area contributed by atoms with E-state index >= 15 is 0 Å². The lowest BCUT2D eigenvalue weighted by Crippen LogP contribution is -2.33. The average Bonchev–Trinajstić information content (AvgIpc) is 2.83. The minimum atomic E-state index is -3.56. The van der Waals surface area contributed by atoms with Crippen molar-refractivity contribution in [3.63, 3.8) is 0 Å². The standard InChI is InChI=1S/C17H24N2O3S/c1-6-14-15(18-16(20)19(14)17(3,4)5)12(2)23(21,22)13-10-8-7-9-11-13/h7-12H,6H2,1-5H3,(H,18,20)/t12-/m0/s1. The first-order valence-electron chi connectivity index (χ1n) is 7.74. The number of hydrogen-bond acceptors (Lipinski definition) is 3. The number of hydrogen-bond donors (Lipinski definition) is 1. The molecule has 0 spiro atoms. The lowest BCUT2D eigenvalue weighted by atomic mass is 10.1. The maximum Gasteiger partial charge on any atom is 0.326 e. The molecule has 0 radical (unpaired) electrons. The minimum absolute atomic E-state index is 0.263. The summed E-state index contributed by atoms with van der Waals surface area (Å²) in [6.45, 7) is 9.35. The maximum absolute atomic E-state index is 12.8. The van der Waals surface area contributed by atoms with Crippen LogP contribution in [0.5, 0.6) is 0 Å². The summed E-state index contributed by atoms with van der Waals surface area (Å²) < 4.78 is 27.3. The molecule has 0 unspecified atom stereocenters. The second-order valence-corrected chi connectivity index (χ2v) is 8.92. The molecule has 1 N–H and O–H groups in total. The topological polar surface area (TPSA) is 71.9 Å². The van der Waals surface area contributed by atoms with Crippen molar-refractivity contribution in [2.45, 2.75) is 56.7 Å². The molecule has 6 heteroatoms. The monoisotopic (exact) mass is 336 g/mol. The van der Waals surface area contributed by atoms with E-state index in [0.29, 0.717) is 12.1 Å². The molecule has 1 heterocycles. The molecule has 1 atom stereocenters. The van der Waals surface area contributed by atoms with E-state index in [9.17, 15) is 13.2 Å². The third kappa shape index (κ3) is 3.13. The van der Waals surface area contributed by atoms with Gasteiger partial charge in [-0.15, -0.1) is 0 Å². The third-order valence-electron chi connectivity index (χ3n) is 3.97. The second kappa shape index (κ2) is 6.00. The van der Waals surface area contributed by atoms with Crippen LogP contribution in [0.4, 0.5) is 0 Å². The summed E-state index contributed by atoms with van der Waals surface area (Å²) in [5.41, 5.74) is 0.554. The van der Waals surface area contributed by atoms with Crippen LogP contribution in [0, 0.1) is 0 Å². The molecular weight excluding hydrogens is 312 g/mol. The summed E-state index contributed by atoms with van der Waals surface area (Å²) >= 11 is 0. The van der Waals surface area contributed by atoms with Crippen molar-refractivity contribution in [1.29, 1.82) is 0 Å². The maximum atomic E-state index is 12.8. The Morgan fingerprint density at radius 1 is 1.17 bits per heavy atom. The van der Waals surface area contributed by atoms with Crippen LogP contribution in [0.2, 0.25) is 0 Å². The van der Waals surface area contributed by atoms with E-state index in [1.807, 2.05) is 27.7 Å². The minimum Gasteiger partial charge on any atom is -0.308 e. The normalized spacial score (nSPS) is 14.0. The van der Waals surface area contributed by atoms with Crippen molar-refractivity contribution in [3.05, 3.63) is 52.2 Å². The predicted octanol–water partition coefficient (Wildman–Crippen LogP) is 3.03. The number of imidazole rings is 1. The van der Waals surface area contributed by atoms with Crippen molar-refractivity contribution in [1.82, 2.24) is 9.55 Å². The van der Waals surface area contributed by atoms with Gasteiger partial charge in [0.25, 0.3) is 0 Å². The van der Waals surface area contributed by atoms with Gasteiger partial charge in [-0.05, 0) is 46.2 Å². The molecular formula is C17H24N2O3S. The van der Waals surface area contributed by atoms with E-state index in [1.165, 1.54) is 0 Å². The number of aromatic amines is 1. The summed E-state index contributed by atoms with van der Waals surface area (Å²) in [4.78, 5) is 15.4. The van der Waals surface area contributed by atoms with E-state index in [1.54, 1.807) is 41.8 Å². The van der Waals surface area contributed by atoms with Crippen molar-refractivity contribution in [2.24, 2.45) is 0 Å². The number of nitrogens with one attached hydrogen (secondary N) is 1. The molecule has 126 valence electrons. The van der Waals surface area contributed by atoms with Gasteiger partial charge in [0.1, 0.15) is 5.25 Å². The van der Waals surface area contributed by atoms with Gasteiger partial charge in [-0.1, -0.05) is 25.1 Å². The fraction of sp³-hybridized carbons (Fsp3) is 0.471. The summed E-state index contributed by atoms with van der Waals surface area (Å²) in [6, 6.07) is 8.33. The summed E-state index contributed by atoms with van der Waals surface area (Å²) in [5.74, 6) is 0. The molecule has 23 heavy (non-hydrogen) atoms. The van der Waals surface area contributed by atoms with Crippen LogP contribution in [-0.4, -0.2) is 18.0 Å². The molecule has 5 nitrogen and oxygen atoms in total. The van der Waals surface area contributed by atoms with Crippen LogP contribution >= 0.6 is 0 Å². The predicted molar refractivity (Wildman–Crippen MR) is 91.5 cm³/mol. The number of benzene rings is 1. The van der Waals surface area contributed by atoms with Crippen molar-refractivity contribution >= 4 is 9.84 Å². The molecule has 0 aliphatic heterocycles. The third-order valence-corrected chi connectivity index (χ3v) is 6.07. The van der Waals surface area contributed by atoms with Gasteiger partial charge < -0.3 is 4.98 Å². The van der Waals surface area contributed by atoms with Gasteiger partial charge in [-0.2, -0.15) is 0 Å². The Morgan fingerprint density at radius 3 is 2.22 bits per heavy atom. The van der Waals surface area contributed by atoms with Gasteiger partial charge in [0.05, 0.1) is 10.6 Å². The molecule has 0 aliphatic carbocycles. The van der Waals surface area contributed by atoms with Crippen LogP contribution in [0.15, 0.2) is 40.0 Å². The van der Waals surface area contributed by atoms with Crippen LogP contribution in [0.25, 0.3) is 0 Å². The molecule has 0 amide bonds. The fourth-order valence-corrected chi connectivity index (χ4v) is 4.30. The van der Waals surface area contributed by atoms with Gasteiger partial charge in [0.2, 0.25) is 0 Å². The van der Waals surface area contributed by atoms with E-state index < -0.39 is 20.6 Å². The summed E-state index contributed by atoms with van der Waals surface area (Å²) in [5, 5.41) is -0.809. The number of H-pyrrole nitrogens is 1. The van der Waals surface area contributed by atoms with E-state index in [-0.39, 0.29) is 10.6 Å². The van der Waals surface area contributed by atoms with Gasteiger partial charge in [-0.25, -0.2) is 13.2 Å². The van der Waals surface area contributed by atoms with Gasteiger partial charge in [0.15, 0.2) is 9.84 Å². The van der Waals surface area contributed by atoms with Gasteiger partial charge in [-0.3, -0.25) is 4.57 Å². The summed E-state index contributed by atoms with van der Waals surface area (Å²) in [6.07, 6.45) is 0.583. The molecule has 2 rings (SSSR count). The Hall–Kier alpha value is -1.82. The first kappa shape index (κ1) is 17.5. The van der Waals surface area contributed by atoms with E-state index in [4.69, 9.17) is 0 Å². The quantitative estimate of drug-likeness (QED) is 0.933. The van der Waals surface area contributed by atoms with Crippen molar-refractivity contribution < 1.29 is 8.42 Å². The Balaban J connectivity index is 2.62. The van der Waals surface area contributed by atoms with E-state index in [2.05, 4.69) is 4.98 Å². The molecule has 0 saturated carbocycles. The molecule has 0 bridgehead atoms. The number of nitrogens with zero attached hydrogens (tertiary/aromatic N) is 1. The Kier molecular flexibility index (Phi) is 4.57. The Morgan fingerprint density at radius 2 is 1.74 bits per heavy atom. The fourth-order valence-electron chi connectivity index (χ4n) is 2.85. The Labute approximate surface area is 137 Å². The molecule has 2 aromatic rings. The second-order valence-electron chi connectivity index (χ2n) is 6.65. The van der Waals surface area contributed by atoms with Crippen LogP contribution in [0.3, 0.4) is 0 Å². The molecule has 1 aromatic heterocycles. The molecule has 0 fully saturated rings. The number of rotatable bonds is 4. The smallest absolute Gasteiger partial charge is 0.308 e. The average molecular weight is 336 g/mol. The van der Waals surface area contributed by atoms with Gasteiger partial charge in [0, 0.05) is 11.2 Å². The highest BCUT2D eigenvalue weighted by atomic mass is 32.2. The number of sulfone groups is 1. The largest absolute Gasteiger partial charge is 0.326 e. The molecule has 1 aromatic carbocycles. The first-order valence-corrected chi connectivity index (χ1v) is 9.28. The number of aromatic nitrogens is 2. The van der Waals surface area contributed by atoms with Crippen LogP contribution < -0.4 is 5.69 Å². The van der Waals surface area contributed by atoms with Crippen molar-refractivity contribution in [2.75, 3.05) is 0 Å². The van der Waals surface area contributed by atoms with E-state index in [0.717, 1.165) is 5.69 Å². The highest BCUT2D eigenvalue weighted by Crippen LogP contribution is 2.30. The lowest BCUT2D eigenvalue weighted by molar-refractivity contribution is 0.374.